The number of carbonyl (C=O) groups is 1. The van der Waals surface area contributed by atoms with Crippen molar-refractivity contribution in [2.45, 2.75) is 18.9 Å². The molecule has 0 radical (unpaired) electrons. The van der Waals surface area contributed by atoms with Gasteiger partial charge < -0.3 is 15.3 Å². The molecular weight excluding hydrogens is 156 g/mol. The van der Waals surface area contributed by atoms with Crippen molar-refractivity contribution in [3.05, 3.63) is 0 Å². The van der Waals surface area contributed by atoms with Gasteiger partial charge in [0.2, 0.25) is 0 Å². The summed E-state index contributed by atoms with van der Waals surface area (Å²) in [6.45, 7) is 2.71. The SMILES string of the molecule is CN(CCC(=O)O)C1CCNC1. The maximum atomic E-state index is 10.3. The van der Waals surface area contributed by atoms with Crippen molar-refractivity contribution in [2.75, 3.05) is 26.7 Å². The van der Waals surface area contributed by atoms with Crippen LogP contribution in [0.4, 0.5) is 0 Å². The summed E-state index contributed by atoms with van der Waals surface area (Å²) in [6.07, 6.45) is 1.38. The summed E-state index contributed by atoms with van der Waals surface area (Å²) in [5.74, 6) is -0.715. The van der Waals surface area contributed by atoms with Gasteiger partial charge in [0.25, 0.3) is 0 Å². The quantitative estimate of drug-likeness (QED) is 0.614. The zero-order chi connectivity index (χ0) is 8.97. The summed E-state index contributed by atoms with van der Waals surface area (Å²) >= 11 is 0. The zero-order valence-electron chi connectivity index (χ0n) is 7.42. The minimum atomic E-state index is -0.715. The number of carboxylic acid groups (broad SMARTS) is 1. The van der Waals surface area contributed by atoms with Gasteiger partial charge in [-0.15, -0.1) is 0 Å². The summed E-state index contributed by atoms with van der Waals surface area (Å²) in [5, 5.41) is 11.7. The molecule has 0 aromatic heterocycles. The molecule has 1 heterocycles. The third-order valence-electron chi connectivity index (χ3n) is 2.34. The molecule has 1 atom stereocenters. The van der Waals surface area contributed by atoms with Crippen LogP contribution in [0.5, 0.6) is 0 Å². The molecule has 1 aliphatic rings. The highest BCUT2D eigenvalue weighted by atomic mass is 16.4. The molecule has 0 spiro atoms. The predicted molar refractivity (Wildman–Crippen MR) is 46.2 cm³/mol. The first-order valence-corrected chi connectivity index (χ1v) is 4.33. The standard InChI is InChI=1S/C8H16N2O2/c1-10(5-3-8(11)12)7-2-4-9-6-7/h7,9H,2-6H2,1H3,(H,11,12). The van der Waals surface area contributed by atoms with Crippen molar-refractivity contribution in [3.63, 3.8) is 0 Å². The molecule has 1 fully saturated rings. The van der Waals surface area contributed by atoms with Gasteiger partial charge in [0.15, 0.2) is 0 Å². The largest absolute Gasteiger partial charge is 0.481 e. The van der Waals surface area contributed by atoms with E-state index in [0.717, 1.165) is 19.5 Å². The molecule has 0 saturated carbocycles. The monoisotopic (exact) mass is 172 g/mol. The first-order chi connectivity index (χ1) is 5.70. The van der Waals surface area contributed by atoms with Gasteiger partial charge in [0, 0.05) is 19.1 Å². The summed E-state index contributed by atoms with van der Waals surface area (Å²) in [5.41, 5.74) is 0. The molecule has 0 aromatic carbocycles. The van der Waals surface area contributed by atoms with Crippen LogP contribution >= 0.6 is 0 Å². The number of nitrogens with zero attached hydrogens (tertiary/aromatic N) is 1. The van der Waals surface area contributed by atoms with Crippen molar-refractivity contribution in [1.82, 2.24) is 10.2 Å². The van der Waals surface area contributed by atoms with Crippen LogP contribution in [0.15, 0.2) is 0 Å². The van der Waals surface area contributed by atoms with Gasteiger partial charge in [-0.1, -0.05) is 0 Å². The van der Waals surface area contributed by atoms with Gasteiger partial charge in [-0.25, -0.2) is 0 Å². The second-order valence-electron chi connectivity index (χ2n) is 3.27. The molecule has 1 aliphatic heterocycles. The summed E-state index contributed by atoms with van der Waals surface area (Å²) < 4.78 is 0. The van der Waals surface area contributed by atoms with E-state index in [1.807, 2.05) is 7.05 Å². The van der Waals surface area contributed by atoms with Gasteiger partial charge in [0.1, 0.15) is 0 Å². The van der Waals surface area contributed by atoms with Crippen molar-refractivity contribution in [3.8, 4) is 0 Å². The van der Waals surface area contributed by atoms with Gasteiger partial charge in [-0.3, -0.25) is 4.79 Å². The minimum Gasteiger partial charge on any atom is -0.481 e. The second kappa shape index (κ2) is 4.42. The van der Waals surface area contributed by atoms with E-state index in [1.165, 1.54) is 0 Å². The lowest BCUT2D eigenvalue weighted by Crippen LogP contribution is -2.34. The van der Waals surface area contributed by atoms with Crippen LogP contribution in [0.1, 0.15) is 12.8 Å². The molecule has 4 nitrogen and oxygen atoms in total. The molecule has 1 unspecified atom stereocenters. The molecule has 1 rings (SSSR count). The van der Waals surface area contributed by atoms with Crippen molar-refractivity contribution in [1.29, 1.82) is 0 Å². The van der Waals surface area contributed by atoms with E-state index in [9.17, 15) is 4.79 Å². The van der Waals surface area contributed by atoms with Crippen LogP contribution < -0.4 is 5.32 Å². The number of likely N-dealkylation sites (N-methyl/N-ethyl adjacent to an activating group) is 1. The third kappa shape index (κ3) is 2.79. The van der Waals surface area contributed by atoms with E-state index in [2.05, 4.69) is 10.2 Å². The lowest BCUT2D eigenvalue weighted by atomic mass is 10.2. The Morgan fingerprint density at radius 3 is 3.00 bits per heavy atom. The topological polar surface area (TPSA) is 52.6 Å². The Balaban J connectivity index is 2.17. The fourth-order valence-electron chi connectivity index (χ4n) is 1.47. The number of nitrogens with one attached hydrogen (secondary N) is 1. The van der Waals surface area contributed by atoms with Crippen molar-refractivity contribution < 1.29 is 9.90 Å². The molecule has 2 N–H and O–H groups in total. The molecule has 1 saturated heterocycles. The maximum Gasteiger partial charge on any atom is 0.304 e. The number of rotatable bonds is 4. The number of aliphatic carboxylic acids is 1. The van der Waals surface area contributed by atoms with Crippen LogP contribution in [-0.4, -0.2) is 48.7 Å². The zero-order valence-corrected chi connectivity index (χ0v) is 7.42. The molecule has 0 amide bonds. The van der Waals surface area contributed by atoms with Gasteiger partial charge in [0.05, 0.1) is 6.42 Å². The molecular formula is C8H16N2O2. The molecule has 0 aromatic rings. The van der Waals surface area contributed by atoms with Crippen LogP contribution in [0.3, 0.4) is 0 Å². The van der Waals surface area contributed by atoms with E-state index in [4.69, 9.17) is 5.11 Å². The summed E-state index contributed by atoms with van der Waals surface area (Å²) in [6, 6.07) is 0.532. The Labute approximate surface area is 72.6 Å². The molecule has 0 bridgehead atoms. The van der Waals surface area contributed by atoms with E-state index in [-0.39, 0.29) is 6.42 Å². The Bertz CT molecular complexity index is 155. The van der Waals surface area contributed by atoms with Crippen LogP contribution in [-0.2, 0) is 4.79 Å². The van der Waals surface area contributed by atoms with Crippen LogP contribution in [0, 0.1) is 0 Å². The molecule has 0 aliphatic carbocycles. The third-order valence-corrected chi connectivity index (χ3v) is 2.34. The highest BCUT2D eigenvalue weighted by molar-refractivity contribution is 5.66. The van der Waals surface area contributed by atoms with Crippen molar-refractivity contribution >= 4 is 5.97 Å². The summed E-state index contributed by atoms with van der Waals surface area (Å²) in [4.78, 5) is 12.4. The second-order valence-corrected chi connectivity index (χ2v) is 3.27. The number of hydrogen-bond donors (Lipinski definition) is 2. The normalized spacial score (nSPS) is 23.3. The first kappa shape index (κ1) is 9.48. The Morgan fingerprint density at radius 1 is 1.75 bits per heavy atom. The fourth-order valence-corrected chi connectivity index (χ4v) is 1.47. The summed E-state index contributed by atoms with van der Waals surface area (Å²) in [7, 11) is 1.99. The lowest BCUT2D eigenvalue weighted by Gasteiger charge is -2.22. The van der Waals surface area contributed by atoms with E-state index >= 15 is 0 Å². The lowest BCUT2D eigenvalue weighted by molar-refractivity contribution is -0.137. The van der Waals surface area contributed by atoms with Crippen molar-refractivity contribution in [2.24, 2.45) is 0 Å². The predicted octanol–water partition coefficient (Wildman–Crippen LogP) is -0.245. The molecule has 12 heavy (non-hydrogen) atoms. The van der Waals surface area contributed by atoms with E-state index in [1.54, 1.807) is 0 Å². The van der Waals surface area contributed by atoms with Gasteiger partial charge in [-0.2, -0.15) is 0 Å². The van der Waals surface area contributed by atoms with Gasteiger partial charge in [-0.05, 0) is 20.0 Å². The number of carboxylic acids is 1. The molecule has 70 valence electrons. The Kier molecular flexibility index (Phi) is 3.49. The smallest absolute Gasteiger partial charge is 0.304 e. The molecule has 4 heteroatoms. The number of hydrogen-bond acceptors (Lipinski definition) is 3. The average molecular weight is 172 g/mol. The minimum absolute atomic E-state index is 0.243. The van der Waals surface area contributed by atoms with E-state index in [0.29, 0.717) is 12.6 Å². The van der Waals surface area contributed by atoms with Gasteiger partial charge >= 0.3 is 5.97 Å². The van der Waals surface area contributed by atoms with E-state index < -0.39 is 5.97 Å². The maximum absolute atomic E-state index is 10.3. The first-order valence-electron chi connectivity index (χ1n) is 4.33. The average Bonchev–Trinajstić information content (AvgIpc) is 2.51. The highest BCUT2D eigenvalue weighted by Crippen LogP contribution is 2.05. The van der Waals surface area contributed by atoms with Crippen LogP contribution in [0.25, 0.3) is 0 Å². The van der Waals surface area contributed by atoms with Crippen LogP contribution in [0.2, 0.25) is 0 Å². The fraction of sp³-hybridized carbons (Fsp3) is 0.875. The Hall–Kier alpha value is -0.610. The highest BCUT2D eigenvalue weighted by Gasteiger charge is 2.18. The Morgan fingerprint density at radius 2 is 2.50 bits per heavy atom.